The van der Waals surface area contributed by atoms with Crippen LogP contribution < -0.4 is 5.63 Å². The molecule has 1 amide bonds. The first-order chi connectivity index (χ1) is 13.7. The van der Waals surface area contributed by atoms with Gasteiger partial charge in [0.2, 0.25) is 11.7 Å². The van der Waals surface area contributed by atoms with E-state index >= 15 is 0 Å². The van der Waals surface area contributed by atoms with Crippen LogP contribution in [0.1, 0.15) is 22.2 Å². The molecule has 1 saturated heterocycles. The summed E-state index contributed by atoms with van der Waals surface area (Å²) >= 11 is 0. The minimum atomic E-state index is -0.628. The Morgan fingerprint density at radius 2 is 1.79 bits per heavy atom. The minimum absolute atomic E-state index is 0.0349. The topological polar surface area (TPSA) is 89.4 Å². The highest BCUT2D eigenvalue weighted by Crippen LogP contribution is 2.28. The zero-order valence-electron chi connectivity index (χ0n) is 14.7. The number of carbonyl (C=O) groups is 1. The van der Waals surface area contributed by atoms with E-state index in [1.165, 1.54) is 0 Å². The average Bonchev–Trinajstić information content (AvgIpc) is 3.16. The third-order valence-corrected chi connectivity index (χ3v) is 4.86. The molecule has 0 radical (unpaired) electrons. The van der Waals surface area contributed by atoms with Gasteiger partial charge in [-0.3, -0.25) is 4.79 Å². The highest BCUT2D eigenvalue weighted by atomic mass is 16.5. The number of aromatic nitrogens is 2. The van der Waals surface area contributed by atoms with Gasteiger partial charge in [-0.1, -0.05) is 53.7 Å². The van der Waals surface area contributed by atoms with E-state index in [2.05, 4.69) is 10.1 Å². The van der Waals surface area contributed by atoms with Crippen molar-refractivity contribution in [2.24, 2.45) is 0 Å². The number of amides is 1. The molecule has 4 aromatic rings. The molecule has 28 heavy (non-hydrogen) atoms. The molecular weight excluding hydrogens is 358 g/mol. The number of rotatable bonds is 3. The minimum Gasteiger partial charge on any atom is -0.422 e. The van der Waals surface area contributed by atoms with Crippen LogP contribution in [0.25, 0.3) is 22.4 Å². The van der Waals surface area contributed by atoms with Crippen molar-refractivity contribution in [2.75, 3.05) is 13.1 Å². The maximum absolute atomic E-state index is 12.7. The molecule has 1 aliphatic rings. The normalized spacial score (nSPS) is 14.2. The SMILES string of the molecule is O=C(c1cc2ccccc2oc1=O)N1CC(c2nc(-c3ccccc3)no2)C1. The van der Waals surface area contributed by atoms with Crippen LogP contribution >= 0.6 is 0 Å². The van der Waals surface area contributed by atoms with E-state index < -0.39 is 5.63 Å². The van der Waals surface area contributed by atoms with Crippen molar-refractivity contribution in [1.82, 2.24) is 15.0 Å². The van der Waals surface area contributed by atoms with Gasteiger partial charge in [-0.15, -0.1) is 0 Å². The average molecular weight is 373 g/mol. The van der Waals surface area contributed by atoms with Crippen LogP contribution in [0.4, 0.5) is 0 Å². The van der Waals surface area contributed by atoms with E-state index in [1.807, 2.05) is 36.4 Å². The Morgan fingerprint density at radius 1 is 1.04 bits per heavy atom. The molecule has 0 bridgehead atoms. The zero-order chi connectivity index (χ0) is 19.1. The molecule has 2 aromatic heterocycles. The second kappa shape index (κ2) is 6.45. The van der Waals surface area contributed by atoms with Gasteiger partial charge in [-0.25, -0.2) is 4.79 Å². The van der Waals surface area contributed by atoms with Crippen molar-refractivity contribution >= 4 is 16.9 Å². The third-order valence-electron chi connectivity index (χ3n) is 4.86. The smallest absolute Gasteiger partial charge is 0.349 e. The lowest BCUT2D eigenvalue weighted by Crippen LogP contribution is -2.49. The van der Waals surface area contributed by atoms with E-state index in [0.717, 1.165) is 5.56 Å². The lowest BCUT2D eigenvalue weighted by molar-refractivity contribution is 0.0565. The van der Waals surface area contributed by atoms with Gasteiger partial charge in [0.25, 0.3) is 5.91 Å². The van der Waals surface area contributed by atoms with E-state index in [9.17, 15) is 9.59 Å². The molecule has 0 unspecified atom stereocenters. The lowest BCUT2D eigenvalue weighted by atomic mass is 9.99. The van der Waals surface area contributed by atoms with Crippen molar-refractivity contribution in [2.45, 2.75) is 5.92 Å². The number of hydrogen-bond acceptors (Lipinski definition) is 6. The molecule has 0 saturated carbocycles. The predicted octanol–water partition coefficient (Wildman–Crippen LogP) is 3.08. The molecule has 0 atom stereocenters. The first kappa shape index (κ1) is 16.4. The summed E-state index contributed by atoms with van der Waals surface area (Å²) in [7, 11) is 0. The summed E-state index contributed by atoms with van der Waals surface area (Å²) < 4.78 is 10.6. The number of hydrogen-bond donors (Lipinski definition) is 0. The lowest BCUT2D eigenvalue weighted by Gasteiger charge is -2.36. The Bertz CT molecular complexity index is 1220. The molecule has 7 nitrogen and oxygen atoms in total. The monoisotopic (exact) mass is 373 g/mol. The molecule has 0 aliphatic carbocycles. The molecule has 7 heteroatoms. The summed E-state index contributed by atoms with van der Waals surface area (Å²) in [4.78, 5) is 30.9. The summed E-state index contributed by atoms with van der Waals surface area (Å²) in [5.41, 5.74) is 0.743. The Balaban J connectivity index is 1.32. The molecule has 0 spiro atoms. The van der Waals surface area contributed by atoms with Crippen LogP contribution in [0.2, 0.25) is 0 Å². The molecule has 2 aromatic carbocycles. The first-order valence-electron chi connectivity index (χ1n) is 8.90. The number of para-hydroxylation sites is 1. The summed E-state index contributed by atoms with van der Waals surface area (Å²) in [5.74, 6) is 0.629. The fraction of sp³-hybridized carbons (Fsp3) is 0.143. The van der Waals surface area contributed by atoms with E-state index in [-0.39, 0.29) is 17.4 Å². The Hall–Kier alpha value is -3.74. The van der Waals surface area contributed by atoms with Crippen molar-refractivity contribution in [1.29, 1.82) is 0 Å². The van der Waals surface area contributed by atoms with Crippen LogP contribution in [-0.2, 0) is 0 Å². The quantitative estimate of drug-likeness (QED) is 0.513. The number of benzene rings is 2. The van der Waals surface area contributed by atoms with Crippen molar-refractivity contribution < 1.29 is 13.7 Å². The molecule has 1 aliphatic heterocycles. The van der Waals surface area contributed by atoms with E-state index in [0.29, 0.717) is 35.8 Å². The van der Waals surface area contributed by atoms with Gasteiger partial charge in [0.05, 0.1) is 5.92 Å². The Kier molecular flexibility index (Phi) is 3.79. The third kappa shape index (κ3) is 2.77. The van der Waals surface area contributed by atoms with Crippen LogP contribution in [0.3, 0.4) is 0 Å². The van der Waals surface area contributed by atoms with Gasteiger partial charge in [0.1, 0.15) is 11.1 Å². The standard InChI is InChI=1S/C21H15N3O4/c25-20(16-10-14-8-4-5-9-17(14)27-21(16)26)24-11-15(12-24)19-22-18(23-28-19)13-6-2-1-3-7-13/h1-10,15H,11-12H2. The summed E-state index contributed by atoms with van der Waals surface area (Å²) in [6, 6.07) is 18.2. The number of fused-ring (bicyclic) bond motifs is 1. The summed E-state index contributed by atoms with van der Waals surface area (Å²) in [5, 5.41) is 4.73. The number of nitrogens with zero attached hydrogens (tertiary/aromatic N) is 3. The van der Waals surface area contributed by atoms with Gasteiger partial charge >= 0.3 is 5.63 Å². The van der Waals surface area contributed by atoms with Gasteiger partial charge in [-0.2, -0.15) is 4.98 Å². The van der Waals surface area contributed by atoms with Crippen LogP contribution in [-0.4, -0.2) is 34.0 Å². The largest absolute Gasteiger partial charge is 0.422 e. The van der Waals surface area contributed by atoms with Crippen molar-refractivity contribution in [3.63, 3.8) is 0 Å². The molecular formula is C21H15N3O4. The molecule has 0 N–H and O–H groups in total. The maximum atomic E-state index is 12.7. The fourth-order valence-electron chi connectivity index (χ4n) is 3.29. The fourth-order valence-corrected chi connectivity index (χ4v) is 3.29. The van der Waals surface area contributed by atoms with Gasteiger partial charge in [-0.05, 0) is 12.1 Å². The highest BCUT2D eigenvalue weighted by molar-refractivity contribution is 5.97. The molecule has 138 valence electrons. The second-order valence-electron chi connectivity index (χ2n) is 6.71. The van der Waals surface area contributed by atoms with Gasteiger partial charge < -0.3 is 13.8 Å². The zero-order valence-corrected chi connectivity index (χ0v) is 14.7. The number of likely N-dealkylation sites (tertiary alicyclic amines) is 1. The van der Waals surface area contributed by atoms with E-state index in [4.69, 9.17) is 8.94 Å². The summed E-state index contributed by atoms with van der Waals surface area (Å²) in [6.45, 7) is 0.836. The summed E-state index contributed by atoms with van der Waals surface area (Å²) in [6.07, 6.45) is 0. The molecule has 5 rings (SSSR count). The van der Waals surface area contributed by atoms with Gasteiger partial charge in [0, 0.05) is 24.0 Å². The van der Waals surface area contributed by atoms with Crippen molar-refractivity contribution in [3.05, 3.63) is 82.5 Å². The van der Waals surface area contributed by atoms with Crippen LogP contribution in [0, 0.1) is 0 Å². The maximum Gasteiger partial charge on any atom is 0.349 e. The molecule has 3 heterocycles. The Labute approximate surface area is 159 Å². The van der Waals surface area contributed by atoms with Gasteiger partial charge in [0.15, 0.2) is 0 Å². The Morgan fingerprint density at radius 3 is 2.61 bits per heavy atom. The molecule has 1 fully saturated rings. The highest BCUT2D eigenvalue weighted by Gasteiger charge is 2.37. The predicted molar refractivity (Wildman–Crippen MR) is 101 cm³/mol. The van der Waals surface area contributed by atoms with Crippen LogP contribution in [0.5, 0.6) is 0 Å². The van der Waals surface area contributed by atoms with Crippen LogP contribution in [0.15, 0.2) is 74.4 Å². The second-order valence-corrected chi connectivity index (χ2v) is 6.71. The van der Waals surface area contributed by atoms with E-state index in [1.54, 1.807) is 29.2 Å². The van der Waals surface area contributed by atoms with Crippen molar-refractivity contribution in [3.8, 4) is 11.4 Å². The first-order valence-corrected chi connectivity index (χ1v) is 8.90. The number of carbonyl (C=O) groups excluding carboxylic acids is 1.